The van der Waals surface area contributed by atoms with Crippen LogP contribution in [0.5, 0.6) is 0 Å². The van der Waals surface area contributed by atoms with Crippen LogP contribution < -0.4 is 0 Å². The molecule has 0 spiro atoms. The monoisotopic (exact) mass is 398 g/mol. The van der Waals surface area contributed by atoms with Gasteiger partial charge in [0.2, 0.25) is 0 Å². The van der Waals surface area contributed by atoms with E-state index in [2.05, 4.69) is 0 Å². The summed E-state index contributed by atoms with van der Waals surface area (Å²) in [7, 11) is -4.74. The molecule has 0 unspecified atom stereocenters. The van der Waals surface area contributed by atoms with Gasteiger partial charge in [0.05, 0.1) is 11.1 Å². The summed E-state index contributed by atoms with van der Waals surface area (Å²) in [6.07, 6.45) is 0. The van der Waals surface area contributed by atoms with Gasteiger partial charge in [-0.1, -0.05) is 0 Å². The molecular weight excluding hydrogens is 375 g/mol. The van der Waals surface area contributed by atoms with Crippen LogP contribution in [0.2, 0.25) is 0 Å². The summed E-state index contributed by atoms with van der Waals surface area (Å²) in [6, 6.07) is 3.24. The van der Waals surface area contributed by atoms with E-state index in [1.54, 1.807) is 41.5 Å². The number of rotatable bonds is 3. The summed E-state index contributed by atoms with van der Waals surface area (Å²) in [5.41, 5.74) is -2.10. The molecule has 0 radical (unpaired) electrons. The van der Waals surface area contributed by atoms with Crippen LogP contribution in [-0.2, 0) is 19.6 Å². The van der Waals surface area contributed by atoms with Crippen molar-refractivity contribution in [1.29, 1.82) is 0 Å². The Hall–Kier alpha value is -0.294. The molecule has 0 aliphatic rings. The third kappa shape index (κ3) is 8.29. The van der Waals surface area contributed by atoms with Crippen molar-refractivity contribution in [2.45, 2.75) is 57.6 Å². The van der Waals surface area contributed by atoms with Crippen molar-refractivity contribution in [2.24, 2.45) is 0 Å². The Bertz CT molecular complexity index is 756. The second-order valence-corrected chi connectivity index (χ2v) is 8.58. The van der Waals surface area contributed by atoms with Gasteiger partial charge in [-0.2, -0.15) is 8.42 Å². The van der Waals surface area contributed by atoms with Gasteiger partial charge in [0.1, 0.15) is 16.1 Å². The van der Waals surface area contributed by atoms with Crippen molar-refractivity contribution in [1.82, 2.24) is 0 Å². The van der Waals surface area contributed by atoms with Gasteiger partial charge in [0.25, 0.3) is 10.1 Å². The molecule has 1 aromatic carbocycles. The first-order valence-corrected chi connectivity index (χ1v) is 8.62. The van der Waals surface area contributed by atoms with Gasteiger partial charge >= 0.3 is 63.3 Å². The van der Waals surface area contributed by atoms with Crippen LogP contribution in [0.3, 0.4) is 0 Å². The van der Waals surface area contributed by atoms with E-state index in [-0.39, 0.29) is 62.5 Å². The quantitative estimate of drug-likeness (QED) is 0.472. The molecule has 0 fully saturated rings. The topological polar surface area (TPSA) is 107 Å². The molecule has 0 saturated carbocycles. The maximum atomic E-state index is 12.1. The van der Waals surface area contributed by atoms with Crippen molar-refractivity contribution in [3.05, 3.63) is 29.3 Å². The van der Waals surface area contributed by atoms with Crippen molar-refractivity contribution >= 4 is 73.4 Å². The molecule has 0 aliphatic heterocycles. The number of carbonyl (C=O) groups is 2. The molecule has 25 heavy (non-hydrogen) atoms. The summed E-state index contributed by atoms with van der Waals surface area (Å²) < 4.78 is 42.8. The van der Waals surface area contributed by atoms with Gasteiger partial charge in [-0.25, -0.2) is 9.59 Å². The van der Waals surface area contributed by atoms with Crippen LogP contribution in [0, 0.1) is 0 Å². The molecule has 7 nitrogen and oxygen atoms in total. The zero-order valence-electron chi connectivity index (χ0n) is 14.5. The second kappa shape index (κ2) is 8.60. The number of ether oxygens (including phenoxy) is 2. The number of esters is 2. The third-order valence-electron chi connectivity index (χ3n) is 2.51. The van der Waals surface area contributed by atoms with Crippen molar-refractivity contribution in [3.63, 3.8) is 0 Å². The summed E-state index contributed by atoms with van der Waals surface area (Å²) in [4.78, 5) is 23.5. The van der Waals surface area contributed by atoms with Crippen LogP contribution in [0.25, 0.3) is 0 Å². The Labute approximate surface area is 190 Å². The first-order valence-electron chi connectivity index (χ1n) is 7.18. The molecular formula is C16H23KO7S. The number of benzene rings is 1. The fourth-order valence-electron chi connectivity index (χ4n) is 1.70. The molecule has 136 valence electrons. The normalized spacial score (nSPS) is 12.1. The standard InChI is InChI=1S/C16H22O7S.K.H/c1-15(2,3)22-13(17)10-7-8-11(12(9-10)24(19,20)21)14(18)23-16(4,5)6;;/h7-9H,1-6H3,(H,19,20,21);;. The van der Waals surface area contributed by atoms with Gasteiger partial charge < -0.3 is 9.47 Å². The predicted molar refractivity (Wildman–Crippen MR) is 93.7 cm³/mol. The minimum atomic E-state index is -4.74. The fraction of sp³-hybridized carbons (Fsp3) is 0.500. The van der Waals surface area contributed by atoms with Crippen LogP contribution in [0.15, 0.2) is 23.1 Å². The SMILES string of the molecule is CC(C)(C)OC(=O)c1ccc(C(=O)OC(C)(C)C)c(S(=O)(=O)O)c1.[KH]. The first kappa shape index (κ1) is 24.7. The molecule has 1 rings (SSSR count). The van der Waals surface area contributed by atoms with E-state index in [4.69, 9.17) is 9.47 Å². The molecule has 1 aromatic rings. The Morgan fingerprint density at radius 2 is 1.36 bits per heavy atom. The molecule has 0 aliphatic carbocycles. The maximum absolute atomic E-state index is 12.1. The summed E-state index contributed by atoms with van der Waals surface area (Å²) in [5, 5.41) is 0. The van der Waals surface area contributed by atoms with Crippen molar-refractivity contribution in [2.75, 3.05) is 0 Å². The van der Waals surface area contributed by atoms with Gasteiger partial charge in [-0.05, 0) is 59.7 Å². The Kier molecular flexibility index (Phi) is 8.50. The molecule has 0 bridgehead atoms. The van der Waals surface area contributed by atoms with Crippen LogP contribution in [-0.4, -0.2) is 87.5 Å². The van der Waals surface area contributed by atoms with Gasteiger partial charge in [0.15, 0.2) is 0 Å². The number of hydrogen-bond acceptors (Lipinski definition) is 6. The second-order valence-electron chi connectivity index (χ2n) is 7.19. The fourth-order valence-corrected chi connectivity index (χ4v) is 2.41. The van der Waals surface area contributed by atoms with E-state index in [1.165, 1.54) is 6.07 Å². The van der Waals surface area contributed by atoms with E-state index in [0.717, 1.165) is 12.1 Å². The molecule has 0 heterocycles. The van der Waals surface area contributed by atoms with Crippen LogP contribution in [0.1, 0.15) is 62.3 Å². The molecule has 0 saturated heterocycles. The van der Waals surface area contributed by atoms with E-state index >= 15 is 0 Å². The number of hydrogen-bond donors (Lipinski definition) is 1. The average Bonchev–Trinajstić information content (AvgIpc) is 2.32. The molecule has 0 amide bonds. The minimum absolute atomic E-state index is 0. The average molecular weight is 399 g/mol. The third-order valence-corrected chi connectivity index (χ3v) is 3.41. The summed E-state index contributed by atoms with van der Waals surface area (Å²) >= 11 is 0. The zero-order valence-corrected chi connectivity index (χ0v) is 15.4. The number of carbonyl (C=O) groups excluding carboxylic acids is 2. The Morgan fingerprint density at radius 1 is 0.920 bits per heavy atom. The molecule has 1 N–H and O–H groups in total. The summed E-state index contributed by atoms with van der Waals surface area (Å²) in [6.45, 7) is 9.82. The predicted octanol–water partition coefficient (Wildman–Crippen LogP) is 2.20. The first-order chi connectivity index (χ1) is 10.6. The zero-order chi connectivity index (χ0) is 18.9. The molecule has 9 heteroatoms. The van der Waals surface area contributed by atoms with E-state index in [0.29, 0.717) is 0 Å². The van der Waals surface area contributed by atoms with Gasteiger partial charge in [0, 0.05) is 0 Å². The Balaban J connectivity index is 0.00000576. The van der Waals surface area contributed by atoms with Crippen LogP contribution >= 0.6 is 0 Å². The van der Waals surface area contributed by atoms with Crippen molar-refractivity contribution in [3.8, 4) is 0 Å². The van der Waals surface area contributed by atoms with E-state index < -0.39 is 38.2 Å². The van der Waals surface area contributed by atoms with Crippen molar-refractivity contribution < 1.29 is 32.0 Å². The van der Waals surface area contributed by atoms with Gasteiger partial charge in [-0.15, -0.1) is 0 Å². The van der Waals surface area contributed by atoms with E-state index in [9.17, 15) is 22.6 Å². The van der Waals surface area contributed by atoms with Gasteiger partial charge in [-0.3, -0.25) is 4.55 Å². The Morgan fingerprint density at radius 3 is 1.76 bits per heavy atom. The molecule has 0 aromatic heterocycles. The molecule has 0 atom stereocenters. The van der Waals surface area contributed by atoms with E-state index in [1.807, 2.05) is 0 Å². The van der Waals surface area contributed by atoms with Crippen LogP contribution in [0.4, 0.5) is 0 Å². The summed E-state index contributed by atoms with van der Waals surface area (Å²) in [5.74, 6) is -1.70.